The molecule has 0 aliphatic carbocycles. The van der Waals surface area contributed by atoms with Crippen LogP contribution in [0, 0.1) is 15.9 Å². The van der Waals surface area contributed by atoms with E-state index < -0.39 is 39.4 Å². The van der Waals surface area contributed by atoms with Gasteiger partial charge in [-0.05, 0) is 6.07 Å². The van der Waals surface area contributed by atoms with Crippen molar-refractivity contribution < 1.29 is 22.5 Å². The van der Waals surface area contributed by atoms with E-state index in [0.29, 0.717) is 6.20 Å². The molecule has 2 aromatic rings. The lowest BCUT2D eigenvalue weighted by Crippen LogP contribution is -2.06. The Kier molecular flexibility index (Phi) is 2.97. The van der Waals surface area contributed by atoms with Gasteiger partial charge in [0.2, 0.25) is 0 Å². The second-order valence-corrected chi connectivity index (χ2v) is 3.58. The molecule has 1 N–H and O–H groups in total. The van der Waals surface area contributed by atoms with Crippen molar-refractivity contribution in [3.8, 4) is 11.3 Å². The number of hydrogen-bond acceptors (Lipinski definition) is 3. The molecule has 0 bridgehead atoms. The van der Waals surface area contributed by atoms with Gasteiger partial charge < -0.3 is 0 Å². The van der Waals surface area contributed by atoms with Crippen LogP contribution in [0.4, 0.5) is 23.2 Å². The molecule has 100 valence electrons. The van der Waals surface area contributed by atoms with Crippen molar-refractivity contribution in [1.82, 2.24) is 10.2 Å². The second kappa shape index (κ2) is 4.34. The first-order valence-electron chi connectivity index (χ1n) is 4.85. The molecule has 0 radical (unpaired) electrons. The van der Waals surface area contributed by atoms with Crippen LogP contribution in [0.1, 0.15) is 5.56 Å². The highest BCUT2D eigenvalue weighted by molar-refractivity contribution is 5.66. The van der Waals surface area contributed by atoms with Crippen LogP contribution in [0.5, 0.6) is 0 Å². The zero-order chi connectivity index (χ0) is 14.2. The number of rotatable bonds is 2. The smallest absolute Gasteiger partial charge is 0.277 e. The Morgan fingerprint density at radius 1 is 1.32 bits per heavy atom. The molecule has 0 aliphatic heterocycles. The molecule has 1 aromatic carbocycles. The van der Waals surface area contributed by atoms with Crippen molar-refractivity contribution in [3.63, 3.8) is 0 Å². The summed E-state index contributed by atoms with van der Waals surface area (Å²) in [4.78, 5) is 9.72. The van der Waals surface area contributed by atoms with Crippen LogP contribution in [0.3, 0.4) is 0 Å². The number of non-ortho nitro benzene ring substituents is 1. The summed E-state index contributed by atoms with van der Waals surface area (Å²) in [7, 11) is 0. The monoisotopic (exact) mass is 275 g/mol. The number of nitrogens with zero attached hydrogens (tertiary/aromatic N) is 2. The fourth-order valence-corrected chi connectivity index (χ4v) is 1.52. The Bertz CT molecular complexity index is 636. The third-order valence-corrected chi connectivity index (χ3v) is 2.37. The number of halogens is 4. The molecular weight excluding hydrogens is 270 g/mol. The summed E-state index contributed by atoms with van der Waals surface area (Å²) >= 11 is 0. The molecule has 5 nitrogen and oxygen atoms in total. The summed E-state index contributed by atoms with van der Waals surface area (Å²) in [6.07, 6.45) is -4.24. The zero-order valence-corrected chi connectivity index (χ0v) is 9.03. The molecule has 0 spiro atoms. The van der Waals surface area contributed by atoms with Crippen molar-refractivity contribution in [1.29, 1.82) is 0 Å². The Hall–Kier alpha value is -2.45. The molecule has 0 amide bonds. The second-order valence-electron chi connectivity index (χ2n) is 3.58. The highest BCUT2D eigenvalue weighted by Gasteiger charge is 2.36. The fourth-order valence-electron chi connectivity index (χ4n) is 1.52. The Morgan fingerprint density at radius 3 is 2.58 bits per heavy atom. The van der Waals surface area contributed by atoms with Gasteiger partial charge in [0.15, 0.2) is 0 Å². The Morgan fingerprint density at radius 2 is 2.00 bits per heavy atom. The minimum atomic E-state index is -4.74. The molecule has 0 saturated carbocycles. The van der Waals surface area contributed by atoms with Gasteiger partial charge in [-0.2, -0.15) is 18.3 Å². The summed E-state index contributed by atoms with van der Waals surface area (Å²) < 4.78 is 51.5. The average molecular weight is 275 g/mol. The lowest BCUT2D eigenvalue weighted by atomic mass is 10.1. The van der Waals surface area contributed by atoms with E-state index in [4.69, 9.17) is 0 Å². The average Bonchev–Trinajstić information content (AvgIpc) is 2.77. The van der Waals surface area contributed by atoms with Crippen LogP contribution in [0.15, 0.2) is 24.4 Å². The van der Waals surface area contributed by atoms with E-state index in [1.54, 1.807) is 0 Å². The number of nitro benzene ring substituents is 1. The number of aromatic nitrogens is 2. The van der Waals surface area contributed by atoms with Crippen LogP contribution in [-0.4, -0.2) is 15.1 Å². The molecule has 0 aliphatic rings. The van der Waals surface area contributed by atoms with Crippen LogP contribution in [0.25, 0.3) is 11.3 Å². The number of benzene rings is 1. The maximum atomic E-state index is 13.5. The van der Waals surface area contributed by atoms with E-state index in [-0.39, 0.29) is 0 Å². The van der Waals surface area contributed by atoms with Crippen LogP contribution in [-0.2, 0) is 6.18 Å². The van der Waals surface area contributed by atoms with Crippen molar-refractivity contribution in [2.75, 3.05) is 0 Å². The number of nitrogens with one attached hydrogen (secondary N) is 1. The summed E-state index contributed by atoms with van der Waals surface area (Å²) in [6.45, 7) is 0. The summed E-state index contributed by atoms with van der Waals surface area (Å²) in [6, 6.07) is 2.31. The van der Waals surface area contributed by atoms with Crippen molar-refractivity contribution in [2.24, 2.45) is 0 Å². The van der Waals surface area contributed by atoms with Gasteiger partial charge in [0.1, 0.15) is 11.4 Å². The highest BCUT2D eigenvalue weighted by Crippen LogP contribution is 2.37. The quantitative estimate of drug-likeness (QED) is 0.520. The van der Waals surface area contributed by atoms with E-state index in [0.717, 1.165) is 18.2 Å². The minimum Gasteiger partial charge on any atom is -0.277 e. The molecule has 9 heteroatoms. The number of H-pyrrole nitrogens is 1. The molecule has 1 heterocycles. The van der Waals surface area contributed by atoms with Crippen molar-refractivity contribution >= 4 is 5.69 Å². The summed E-state index contributed by atoms with van der Waals surface area (Å²) in [5.74, 6) is -1.01. The number of nitro groups is 1. The van der Waals surface area contributed by atoms with E-state index >= 15 is 0 Å². The molecule has 0 unspecified atom stereocenters. The highest BCUT2D eigenvalue weighted by atomic mass is 19.4. The number of hydrogen-bond donors (Lipinski definition) is 1. The molecule has 1 aromatic heterocycles. The van der Waals surface area contributed by atoms with E-state index in [1.165, 1.54) is 0 Å². The molecular formula is C10H5F4N3O2. The molecule has 0 saturated heterocycles. The SMILES string of the molecule is O=[N+]([O-])c1ccc(F)c(-c2[nH]ncc2C(F)(F)F)c1. The first-order chi connectivity index (χ1) is 8.80. The van der Waals surface area contributed by atoms with E-state index in [1.807, 2.05) is 5.10 Å². The fraction of sp³-hybridized carbons (Fsp3) is 0.100. The Balaban J connectivity index is 2.62. The Labute approximate surface area is 103 Å². The predicted octanol–water partition coefficient (Wildman–Crippen LogP) is 3.14. The van der Waals surface area contributed by atoms with Gasteiger partial charge in [-0.3, -0.25) is 15.2 Å². The third-order valence-electron chi connectivity index (χ3n) is 2.37. The maximum absolute atomic E-state index is 13.5. The molecule has 0 atom stereocenters. The van der Waals surface area contributed by atoms with Crippen LogP contribution in [0.2, 0.25) is 0 Å². The van der Waals surface area contributed by atoms with Gasteiger partial charge in [0.05, 0.1) is 16.8 Å². The zero-order valence-electron chi connectivity index (χ0n) is 9.03. The lowest BCUT2D eigenvalue weighted by molar-refractivity contribution is -0.384. The van der Waals surface area contributed by atoms with Gasteiger partial charge in [0, 0.05) is 17.7 Å². The van der Waals surface area contributed by atoms with Crippen molar-refractivity contribution in [3.05, 3.63) is 45.9 Å². The van der Waals surface area contributed by atoms with Gasteiger partial charge in [-0.25, -0.2) is 4.39 Å². The standard InChI is InChI=1S/C10H5F4N3O2/c11-8-2-1-5(17(18)19)3-6(8)9-7(4-15-16-9)10(12,13)14/h1-4H,(H,15,16). The van der Waals surface area contributed by atoms with Gasteiger partial charge in [-0.15, -0.1) is 0 Å². The van der Waals surface area contributed by atoms with Crippen LogP contribution < -0.4 is 0 Å². The van der Waals surface area contributed by atoms with Gasteiger partial charge in [0.25, 0.3) is 5.69 Å². The third kappa shape index (κ3) is 2.39. The first kappa shape index (κ1) is 13.0. The van der Waals surface area contributed by atoms with Gasteiger partial charge >= 0.3 is 6.18 Å². The predicted molar refractivity (Wildman–Crippen MR) is 55.6 cm³/mol. The largest absolute Gasteiger partial charge is 0.420 e. The minimum absolute atomic E-state index is 0.494. The van der Waals surface area contributed by atoms with Crippen LogP contribution >= 0.6 is 0 Å². The summed E-state index contributed by atoms with van der Waals surface area (Å²) in [5.41, 5.74) is -2.90. The summed E-state index contributed by atoms with van der Waals surface area (Å²) in [5, 5.41) is 15.8. The van der Waals surface area contributed by atoms with E-state index in [2.05, 4.69) is 5.10 Å². The topological polar surface area (TPSA) is 71.8 Å². The normalized spacial score (nSPS) is 11.6. The number of aromatic amines is 1. The first-order valence-corrected chi connectivity index (χ1v) is 4.85. The van der Waals surface area contributed by atoms with E-state index in [9.17, 15) is 27.7 Å². The molecule has 19 heavy (non-hydrogen) atoms. The maximum Gasteiger partial charge on any atom is 0.420 e. The number of alkyl halides is 3. The van der Waals surface area contributed by atoms with Gasteiger partial charge in [-0.1, -0.05) is 0 Å². The molecule has 2 rings (SSSR count). The van der Waals surface area contributed by atoms with Crippen molar-refractivity contribution in [2.45, 2.75) is 6.18 Å². The molecule has 0 fully saturated rings. The lowest BCUT2D eigenvalue weighted by Gasteiger charge is -2.07.